The van der Waals surface area contributed by atoms with Crippen molar-refractivity contribution in [3.8, 4) is 0 Å². The maximum absolute atomic E-state index is 12.7. The highest BCUT2D eigenvalue weighted by atomic mass is 32.2. The van der Waals surface area contributed by atoms with Gasteiger partial charge >= 0.3 is 0 Å². The number of hydrogen-bond acceptors (Lipinski definition) is 7. The van der Waals surface area contributed by atoms with E-state index >= 15 is 0 Å². The van der Waals surface area contributed by atoms with Crippen molar-refractivity contribution in [1.29, 1.82) is 0 Å². The number of sulfonamides is 1. The quantitative estimate of drug-likeness (QED) is 0.609. The van der Waals surface area contributed by atoms with Crippen LogP contribution in [0.1, 0.15) is 36.5 Å². The van der Waals surface area contributed by atoms with E-state index in [9.17, 15) is 27.9 Å². The van der Waals surface area contributed by atoms with Gasteiger partial charge in [0.2, 0.25) is 11.8 Å². The van der Waals surface area contributed by atoms with Crippen molar-refractivity contribution >= 4 is 27.7 Å². The van der Waals surface area contributed by atoms with Crippen LogP contribution in [-0.4, -0.2) is 96.3 Å². The first-order valence-corrected chi connectivity index (χ1v) is 12.3. The number of carbonyl (C=O) groups excluding carboxylic acids is 3. The maximum atomic E-state index is 12.7. The molecule has 11 heteroatoms. The zero-order valence-electron chi connectivity index (χ0n) is 17.9. The van der Waals surface area contributed by atoms with Crippen molar-refractivity contribution in [2.45, 2.75) is 49.3 Å². The summed E-state index contributed by atoms with van der Waals surface area (Å²) in [6.07, 6.45) is 1.32. The lowest BCUT2D eigenvalue weighted by Crippen LogP contribution is -2.61. The van der Waals surface area contributed by atoms with E-state index in [1.54, 1.807) is 17.9 Å². The molecule has 2 fully saturated rings. The van der Waals surface area contributed by atoms with Crippen LogP contribution in [0.15, 0.2) is 29.2 Å². The highest BCUT2D eigenvalue weighted by molar-refractivity contribution is 7.90. The molecule has 0 radical (unpaired) electrons. The monoisotopic (exact) mass is 464 g/mol. The van der Waals surface area contributed by atoms with Crippen molar-refractivity contribution in [1.82, 2.24) is 19.4 Å². The topological polar surface area (TPSA) is 127 Å². The Hall–Kier alpha value is -2.50. The van der Waals surface area contributed by atoms with E-state index < -0.39 is 40.5 Å². The maximum Gasteiger partial charge on any atom is 0.269 e. The molecule has 174 valence electrons. The van der Waals surface area contributed by atoms with E-state index in [4.69, 9.17) is 0 Å². The Morgan fingerprint density at radius 1 is 1.12 bits per heavy atom. The minimum atomic E-state index is -4.07. The molecule has 1 saturated heterocycles. The molecular formula is C21H28N4O6S. The van der Waals surface area contributed by atoms with Crippen LogP contribution in [0.2, 0.25) is 0 Å². The number of rotatable bonds is 4. The van der Waals surface area contributed by atoms with Gasteiger partial charge < -0.3 is 15.3 Å². The van der Waals surface area contributed by atoms with Crippen LogP contribution in [0.3, 0.4) is 0 Å². The minimum Gasteiger partial charge on any atom is -0.389 e. The molecular weight excluding hydrogens is 436 g/mol. The SMILES string of the molecule is CC(=O)N1CCN([C@@H]2CCC[C@@H](NC(=O)CN3C(=O)c4ccccc4S3(=O)=O)[C@H]2O)CC1. The summed E-state index contributed by atoms with van der Waals surface area (Å²) < 4.78 is 25.9. The molecule has 0 aromatic heterocycles. The van der Waals surface area contributed by atoms with Gasteiger partial charge in [-0.1, -0.05) is 12.1 Å². The average Bonchev–Trinajstić information content (AvgIpc) is 2.96. The Kier molecular flexibility index (Phi) is 6.24. The largest absolute Gasteiger partial charge is 0.389 e. The van der Waals surface area contributed by atoms with Crippen LogP contribution in [0.25, 0.3) is 0 Å². The predicted octanol–water partition coefficient (Wildman–Crippen LogP) is -0.607. The van der Waals surface area contributed by atoms with E-state index in [0.29, 0.717) is 36.9 Å². The van der Waals surface area contributed by atoms with Gasteiger partial charge in [-0.25, -0.2) is 12.7 Å². The first-order chi connectivity index (χ1) is 15.2. The van der Waals surface area contributed by atoms with Crippen LogP contribution < -0.4 is 5.32 Å². The van der Waals surface area contributed by atoms with Crippen LogP contribution >= 0.6 is 0 Å². The molecule has 0 bridgehead atoms. The van der Waals surface area contributed by atoms with Gasteiger partial charge in [-0.3, -0.25) is 19.3 Å². The summed E-state index contributed by atoms with van der Waals surface area (Å²) in [4.78, 5) is 40.5. The minimum absolute atomic E-state index is 0.0348. The highest BCUT2D eigenvalue weighted by Crippen LogP contribution is 2.30. The zero-order chi connectivity index (χ0) is 23.0. The van der Waals surface area contributed by atoms with E-state index in [2.05, 4.69) is 10.2 Å². The standard InChI is InChI=1S/C21H28N4O6S/c1-14(26)23-9-11-24(12-10-23)17-7-4-6-16(20(17)28)22-19(27)13-25-21(29)15-5-2-3-8-18(15)32(25,30)31/h2-3,5,8,16-17,20,28H,4,6-7,9-13H2,1H3,(H,22,27)/t16-,17-,20-/m1/s1. The fraction of sp³-hybridized carbons (Fsp3) is 0.571. The van der Waals surface area contributed by atoms with E-state index in [0.717, 1.165) is 12.8 Å². The van der Waals surface area contributed by atoms with Crippen molar-refractivity contribution in [3.05, 3.63) is 29.8 Å². The average molecular weight is 465 g/mol. The van der Waals surface area contributed by atoms with Crippen LogP contribution in [0.5, 0.6) is 0 Å². The summed E-state index contributed by atoms with van der Waals surface area (Å²) in [5, 5.41) is 13.7. The molecule has 2 heterocycles. The second-order valence-corrected chi connectivity index (χ2v) is 10.3. The van der Waals surface area contributed by atoms with Gasteiger partial charge in [0.1, 0.15) is 11.4 Å². The number of aliphatic hydroxyl groups is 1. The lowest BCUT2D eigenvalue weighted by Gasteiger charge is -2.45. The third-order valence-electron chi connectivity index (χ3n) is 6.60. The second-order valence-electron chi connectivity index (χ2n) is 8.52. The second kappa shape index (κ2) is 8.80. The van der Waals surface area contributed by atoms with Gasteiger partial charge in [0, 0.05) is 39.1 Å². The molecule has 4 rings (SSSR count). The molecule has 1 aliphatic carbocycles. The van der Waals surface area contributed by atoms with Gasteiger partial charge in [0.25, 0.3) is 15.9 Å². The van der Waals surface area contributed by atoms with Crippen molar-refractivity contribution in [3.63, 3.8) is 0 Å². The number of amides is 3. The molecule has 1 aromatic rings. The molecule has 32 heavy (non-hydrogen) atoms. The van der Waals surface area contributed by atoms with E-state index in [1.165, 1.54) is 18.2 Å². The fourth-order valence-electron chi connectivity index (χ4n) is 4.85. The first kappa shape index (κ1) is 22.7. The van der Waals surface area contributed by atoms with Crippen LogP contribution in [-0.2, 0) is 19.6 Å². The third-order valence-corrected chi connectivity index (χ3v) is 8.38. The molecule has 0 unspecified atom stereocenters. The number of piperazine rings is 1. The molecule has 2 aliphatic heterocycles. The summed E-state index contributed by atoms with van der Waals surface area (Å²) in [6, 6.07) is 5.20. The summed E-state index contributed by atoms with van der Waals surface area (Å²) in [6.45, 7) is 3.43. The number of carbonyl (C=O) groups is 3. The van der Waals surface area contributed by atoms with Gasteiger partial charge in [-0.2, -0.15) is 0 Å². The molecule has 3 atom stereocenters. The molecule has 3 aliphatic rings. The Morgan fingerprint density at radius 2 is 1.81 bits per heavy atom. The van der Waals surface area contributed by atoms with Crippen LogP contribution in [0.4, 0.5) is 0 Å². The van der Waals surface area contributed by atoms with Crippen molar-refractivity contribution in [2.24, 2.45) is 0 Å². The van der Waals surface area contributed by atoms with Gasteiger partial charge in [0.05, 0.1) is 17.7 Å². The van der Waals surface area contributed by atoms with Gasteiger partial charge in [0.15, 0.2) is 0 Å². The number of benzene rings is 1. The smallest absolute Gasteiger partial charge is 0.269 e. The molecule has 0 spiro atoms. The van der Waals surface area contributed by atoms with Crippen molar-refractivity contribution < 1.29 is 27.9 Å². The Labute approximate surface area is 187 Å². The number of hydrogen-bond donors (Lipinski definition) is 2. The normalized spacial score (nSPS) is 27.8. The first-order valence-electron chi connectivity index (χ1n) is 10.8. The Balaban J connectivity index is 1.38. The zero-order valence-corrected chi connectivity index (χ0v) is 18.8. The number of nitrogens with zero attached hydrogens (tertiary/aromatic N) is 3. The lowest BCUT2D eigenvalue weighted by atomic mass is 9.86. The molecule has 1 saturated carbocycles. The number of aliphatic hydroxyl groups excluding tert-OH is 1. The van der Waals surface area contributed by atoms with Crippen molar-refractivity contribution in [2.75, 3.05) is 32.7 Å². The van der Waals surface area contributed by atoms with Gasteiger partial charge in [-0.05, 0) is 31.4 Å². The molecule has 2 N–H and O–H groups in total. The molecule has 10 nitrogen and oxygen atoms in total. The summed E-state index contributed by atoms with van der Waals surface area (Å²) in [5.41, 5.74) is 0.0581. The number of nitrogens with one attached hydrogen (secondary N) is 1. The van der Waals surface area contributed by atoms with E-state index in [-0.39, 0.29) is 22.4 Å². The molecule has 1 aromatic carbocycles. The van der Waals surface area contributed by atoms with Gasteiger partial charge in [-0.15, -0.1) is 0 Å². The highest BCUT2D eigenvalue weighted by Gasteiger charge is 2.43. The lowest BCUT2D eigenvalue weighted by molar-refractivity contribution is -0.132. The molecule has 3 amide bonds. The number of fused-ring (bicyclic) bond motifs is 1. The van der Waals surface area contributed by atoms with E-state index in [1.807, 2.05) is 0 Å². The fourth-order valence-corrected chi connectivity index (χ4v) is 6.38. The Bertz CT molecular complexity index is 1020. The summed E-state index contributed by atoms with van der Waals surface area (Å²) in [7, 11) is -4.07. The Morgan fingerprint density at radius 3 is 2.47 bits per heavy atom. The third kappa shape index (κ3) is 4.12. The summed E-state index contributed by atoms with van der Waals surface area (Å²) >= 11 is 0. The summed E-state index contributed by atoms with van der Waals surface area (Å²) in [5.74, 6) is -1.31. The van der Waals surface area contributed by atoms with Crippen LogP contribution in [0, 0.1) is 0 Å². The predicted molar refractivity (Wildman–Crippen MR) is 114 cm³/mol.